The van der Waals surface area contributed by atoms with Gasteiger partial charge in [-0.1, -0.05) is 0 Å². The number of amides is 1. The Labute approximate surface area is 123 Å². The van der Waals surface area contributed by atoms with Crippen molar-refractivity contribution in [3.63, 3.8) is 0 Å². The molecule has 1 amide bonds. The average Bonchev–Trinajstić information content (AvgIpc) is 2.94. The van der Waals surface area contributed by atoms with Crippen molar-refractivity contribution in [2.24, 2.45) is 0 Å². The van der Waals surface area contributed by atoms with Crippen LogP contribution in [-0.2, 0) is 11.3 Å². The summed E-state index contributed by atoms with van der Waals surface area (Å²) in [5.74, 6) is 0.0824. The van der Waals surface area contributed by atoms with Crippen molar-refractivity contribution < 1.29 is 4.79 Å². The Morgan fingerprint density at radius 1 is 1.55 bits per heavy atom. The number of likely N-dealkylation sites (tertiary alicyclic amines) is 1. The SMILES string of the molecule is CNC(=O)CN1CCC(NCc2cc(C#N)cs2)CC1. The largest absolute Gasteiger partial charge is 0.358 e. The number of piperidine rings is 1. The summed E-state index contributed by atoms with van der Waals surface area (Å²) in [6, 6.07) is 4.60. The topological polar surface area (TPSA) is 68.2 Å². The van der Waals surface area contributed by atoms with Crippen LogP contribution in [0.5, 0.6) is 0 Å². The van der Waals surface area contributed by atoms with Gasteiger partial charge in [0, 0.05) is 43.0 Å². The number of nitrogens with zero attached hydrogens (tertiary/aromatic N) is 2. The Morgan fingerprint density at radius 2 is 2.30 bits per heavy atom. The van der Waals surface area contributed by atoms with Crippen molar-refractivity contribution >= 4 is 17.2 Å². The van der Waals surface area contributed by atoms with Gasteiger partial charge >= 0.3 is 0 Å². The van der Waals surface area contributed by atoms with E-state index in [0.29, 0.717) is 12.6 Å². The van der Waals surface area contributed by atoms with Crippen molar-refractivity contribution in [3.8, 4) is 6.07 Å². The molecular formula is C14H20N4OS. The number of hydrogen-bond acceptors (Lipinski definition) is 5. The molecule has 6 heteroatoms. The molecule has 0 bridgehead atoms. The Bertz CT molecular complexity index is 486. The van der Waals surface area contributed by atoms with Gasteiger partial charge in [0.05, 0.1) is 12.1 Å². The van der Waals surface area contributed by atoms with E-state index in [9.17, 15) is 4.79 Å². The molecule has 1 fully saturated rings. The number of nitriles is 1. The third-order valence-corrected chi connectivity index (χ3v) is 4.52. The van der Waals surface area contributed by atoms with Crippen LogP contribution in [0.2, 0.25) is 0 Å². The number of carbonyl (C=O) groups excluding carboxylic acids is 1. The first kappa shape index (κ1) is 15.0. The van der Waals surface area contributed by atoms with E-state index in [0.717, 1.165) is 38.0 Å². The number of rotatable bonds is 5. The van der Waals surface area contributed by atoms with Crippen molar-refractivity contribution in [3.05, 3.63) is 21.9 Å². The molecular weight excluding hydrogens is 272 g/mol. The summed E-state index contributed by atoms with van der Waals surface area (Å²) in [4.78, 5) is 14.7. The molecule has 0 saturated carbocycles. The summed E-state index contributed by atoms with van der Waals surface area (Å²) >= 11 is 1.63. The molecule has 5 nitrogen and oxygen atoms in total. The Balaban J connectivity index is 1.69. The summed E-state index contributed by atoms with van der Waals surface area (Å²) in [7, 11) is 1.67. The van der Waals surface area contributed by atoms with Gasteiger partial charge in [0.2, 0.25) is 5.91 Å². The van der Waals surface area contributed by atoms with Gasteiger partial charge < -0.3 is 10.6 Å². The maximum atomic E-state index is 11.3. The molecule has 108 valence electrons. The predicted molar refractivity (Wildman–Crippen MR) is 79.4 cm³/mol. The van der Waals surface area contributed by atoms with Gasteiger partial charge in [0.15, 0.2) is 0 Å². The minimum atomic E-state index is 0.0824. The van der Waals surface area contributed by atoms with Gasteiger partial charge in [-0.15, -0.1) is 11.3 Å². The Morgan fingerprint density at radius 3 is 2.90 bits per heavy atom. The second-order valence-electron chi connectivity index (χ2n) is 5.02. The lowest BCUT2D eigenvalue weighted by Gasteiger charge is -2.31. The highest BCUT2D eigenvalue weighted by Gasteiger charge is 2.20. The van der Waals surface area contributed by atoms with Crippen LogP contribution in [0.15, 0.2) is 11.4 Å². The van der Waals surface area contributed by atoms with Crippen molar-refractivity contribution in [2.75, 3.05) is 26.7 Å². The van der Waals surface area contributed by atoms with Gasteiger partial charge in [-0.25, -0.2) is 0 Å². The first-order chi connectivity index (χ1) is 9.71. The molecule has 2 heterocycles. The van der Waals surface area contributed by atoms with E-state index >= 15 is 0 Å². The van der Waals surface area contributed by atoms with Crippen molar-refractivity contribution in [1.29, 1.82) is 5.26 Å². The molecule has 1 aromatic heterocycles. The molecule has 0 spiro atoms. The standard InChI is InChI=1S/C14H20N4OS/c1-16-14(19)9-18-4-2-12(3-5-18)17-8-13-6-11(7-15)10-20-13/h6,10,12,17H,2-5,8-9H2,1H3,(H,16,19). The molecule has 20 heavy (non-hydrogen) atoms. The molecule has 0 aromatic carbocycles. The fourth-order valence-electron chi connectivity index (χ4n) is 2.35. The van der Waals surface area contributed by atoms with Crippen molar-refractivity contribution in [1.82, 2.24) is 15.5 Å². The average molecular weight is 292 g/mol. The molecule has 0 aliphatic carbocycles. The quantitative estimate of drug-likeness (QED) is 0.847. The fourth-order valence-corrected chi connectivity index (χ4v) is 3.12. The predicted octanol–water partition coefficient (Wildman–Crippen LogP) is 0.920. The van der Waals surface area contributed by atoms with Gasteiger partial charge in [-0.05, 0) is 18.9 Å². The Kier molecular flexibility index (Phi) is 5.53. The van der Waals surface area contributed by atoms with Crippen LogP contribution < -0.4 is 10.6 Å². The zero-order chi connectivity index (χ0) is 14.4. The first-order valence-corrected chi connectivity index (χ1v) is 7.73. The number of hydrogen-bond donors (Lipinski definition) is 2. The minimum absolute atomic E-state index is 0.0824. The molecule has 0 radical (unpaired) electrons. The smallest absolute Gasteiger partial charge is 0.233 e. The third kappa shape index (κ3) is 4.30. The van der Waals surface area contributed by atoms with E-state index < -0.39 is 0 Å². The summed E-state index contributed by atoms with van der Waals surface area (Å²) in [5.41, 5.74) is 0.743. The van der Waals surface area contributed by atoms with Crippen molar-refractivity contribution in [2.45, 2.75) is 25.4 Å². The van der Waals surface area contributed by atoms with E-state index in [4.69, 9.17) is 5.26 Å². The van der Waals surface area contributed by atoms with Crippen LogP contribution in [0.4, 0.5) is 0 Å². The van der Waals surface area contributed by atoms with E-state index in [1.54, 1.807) is 18.4 Å². The molecule has 2 rings (SSSR count). The van der Waals surface area contributed by atoms with Crippen LogP contribution in [0, 0.1) is 11.3 Å². The molecule has 0 unspecified atom stereocenters. The lowest BCUT2D eigenvalue weighted by molar-refractivity contribution is -0.122. The highest BCUT2D eigenvalue weighted by atomic mass is 32.1. The highest BCUT2D eigenvalue weighted by molar-refractivity contribution is 7.10. The van der Waals surface area contributed by atoms with Gasteiger partial charge in [-0.2, -0.15) is 5.26 Å². The lowest BCUT2D eigenvalue weighted by Crippen LogP contribution is -2.45. The summed E-state index contributed by atoms with van der Waals surface area (Å²) in [5, 5.41) is 16.9. The third-order valence-electron chi connectivity index (χ3n) is 3.58. The molecule has 1 aromatic rings. The monoisotopic (exact) mass is 292 g/mol. The molecule has 1 saturated heterocycles. The zero-order valence-electron chi connectivity index (χ0n) is 11.7. The summed E-state index contributed by atoms with van der Waals surface area (Å²) in [6.45, 7) is 3.24. The molecule has 1 aliphatic rings. The van der Waals surface area contributed by atoms with E-state index in [1.807, 2.05) is 11.4 Å². The molecule has 1 aliphatic heterocycles. The minimum Gasteiger partial charge on any atom is -0.358 e. The van der Waals surface area contributed by atoms with Gasteiger partial charge in [0.25, 0.3) is 0 Å². The van der Waals surface area contributed by atoms with Crippen LogP contribution in [-0.4, -0.2) is 43.5 Å². The van der Waals surface area contributed by atoms with Gasteiger partial charge in [-0.3, -0.25) is 9.69 Å². The van der Waals surface area contributed by atoms with E-state index in [2.05, 4.69) is 21.6 Å². The molecule has 2 N–H and O–H groups in total. The van der Waals surface area contributed by atoms with Crippen LogP contribution >= 0.6 is 11.3 Å². The second kappa shape index (κ2) is 7.39. The number of nitrogens with one attached hydrogen (secondary N) is 2. The van der Waals surface area contributed by atoms with Crippen LogP contribution in [0.1, 0.15) is 23.3 Å². The van der Waals surface area contributed by atoms with E-state index in [1.165, 1.54) is 4.88 Å². The van der Waals surface area contributed by atoms with Gasteiger partial charge in [0.1, 0.15) is 6.07 Å². The Hall–Kier alpha value is -1.42. The summed E-state index contributed by atoms with van der Waals surface area (Å²) in [6.07, 6.45) is 2.13. The maximum absolute atomic E-state index is 11.3. The zero-order valence-corrected chi connectivity index (χ0v) is 12.5. The number of thiophene rings is 1. The first-order valence-electron chi connectivity index (χ1n) is 6.85. The fraction of sp³-hybridized carbons (Fsp3) is 0.571. The maximum Gasteiger partial charge on any atom is 0.233 e. The second-order valence-corrected chi connectivity index (χ2v) is 6.01. The van der Waals surface area contributed by atoms with Crippen LogP contribution in [0.25, 0.3) is 0 Å². The summed E-state index contributed by atoms with van der Waals surface area (Å²) < 4.78 is 0. The molecule has 0 atom stereocenters. The highest BCUT2D eigenvalue weighted by Crippen LogP contribution is 2.15. The number of likely N-dealkylation sites (N-methyl/N-ethyl adjacent to an activating group) is 1. The number of carbonyl (C=O) groups is 1. The van der Waals surface area contributed by atoms with Crippen LogP contribution in [0.3, 0.4) is 0 Å². The van der Waals surface area contributed by atoms with E-state index in [-0.39, 0.29) is 5.91 Å². The normalized spacial score (nSPS) is 16.8. The lowest BCUT2D eigenvalue weighted by atomic mass is 10.1.